The molecule has 0 fully saturated rings. The van der Waals surface area contributed by atoms with Gasteiger partial charge in [-0.05, 0) is 30.7 Å². The molecule has 1 unspecified atom stereocenters. The zero-order valence-electron chi connectivity index (χ0n) is 7.79. The largest absolute Gasteiger partial charge is 0.395 e. The molecule has 0 aliphatic rings. The molecule has 0 saturated heterocycles. The summed E-state index contributed by atoms with van der Waals surface area (Å²) in [6.45, 7) is 2.26. The van der Waals surface area contributed by atoms with Crippen molar-refractivity contribution in [1.29, 1.82) is 0 Å². The maximum atomic E-state index is 11.5. The molecule has 3 nitrogen and oxygen atoms in total. The molecule has 1 aromatic rings. The maximum absolute atomic E-state index is 11.5. The summed E-state index contributed by atoms with van der Waals surface area (Å²) in [5, 5.41) is 8.56. The lowest BCUT2D eigenvalue weighted by Crippen LogP contribution is -2.20. The second kappa shape index (κ2) is 5.60. The molecule has 1 atom stereocenters. The molecular weight excluding hydrogens is 266 g/mol. The highest BCUT2D eigenvalue weighted by atomic mass is 79.9. The third-order valence-corrected chi connectivity index (χ3v) is 3.73. The van der Waals surface area contributed by atoms with Gasteiger partial charge in [-0.25, -0.2) is 8.93 Å². The normalized spacial score (nSPS) is 12.8. The molecule has 0 spiro atoms. The van der Waals surface area contributed by atoms with Crippen molar-refractivity contribution in [2.75, 3.05) is 13.2 Å². The predicted octanol–water partition coefficient (Wildman–Crippen LogP) is 1.36. The van der Waals surface area contributed by atoms with E-state index in [1.165, 1.54) is 0 Å². The van der Waals surface area contributed by atoms with Crippen molar-refractivity contribution in [3.8, 4) is 0 Å². The van der Waals surface area contributed by atoms with Gasteiger partial charge in [-0.2, -0.15) is 0 Å². The zero-order valence-corrected chi connectivity index (χ0v) is 10.2. The van der Waals surface area contributed by atoms with Crippen LogP contribution in [-0.4, -0.2) is 22.5 Å². The van der Waals surface area contributed by atoms with Crippen LogP contribution in [0.25, 0.3) is 0 Å². The van der Waals surface area contributed by atoms with E-state index in [4.69, 9.17) is 5.11 Å². The van der Waals surface area contributed by atoms with E-state index in [-0.39, 0.29) is 6.61 Å². The monoisotopic (exact) mass is 277 g/mol. The summed E-state index contributed by atoms with van der Waals surface area (Å²) < 4.78 is 15.2. The van der Waals surface area contributed by atoms with Crippen LogP contribution in [-0.2, 0) is 11.0 Å². The molecule has 0 radical (unpaired) electrons. The Morgan fingerprint density at radius 2 is 2.29 bits per heavy atom. The fraction of sp³-hybridized carbons (Fsp3) is 0.333. The average molecular weight is 278 g/mol. The number of nitrogens with one attached hydrogen (secondary N) is 1. The minimum atomic E-state index is -1.23. The maximum Gasteiger partial charge on any atom is 0.124 e. The highest BCUT2D eigenvalue weighted by Crippen LogP contribution is 2.18. The fourth-order valence-electron chi connectivity index (χ4n) is 0.954. The first-order valence-electron chi connectivity index (χ1n) is 4.17. The van der Waals surface area contributed by atoms with Gasteiger partial charge in [0.25, 0.3) is 0 Å². The van der Waals surface area contributed by atoms with Gasteiger partial charge in [-0.1, -0.05) is 15.9 Å². The molecule has 5 heteroatoms. The summed E-state index contributed by atoms with van der Waals surface area (Å²) in [6.07, 6.45) is 0. The Morgan fingerprint density at radius 3 is 2.86 bits per heavy atom. The van der Waals surface area contributed by atoms with Crippen LogP contribution in [0.3, 0.4) is 0 Å². The highest BCUT2D eigenvalue weighted by molar-refractivity contribution is 9.10. The fourth-order valence-corrected chi connectivity index (χ4v) is 2.12. The van der Waals surface area contributed by atoms with E-state index in [1.54, 1.807) is 6.07 Å². The Kier molecular flexibility index (Phi) is 4.74. The molecule has 1 aromatic carbocycles. The van der Waals surface area contributed by atoms with E-state index in [1.807, 2.05) is 19.1 Å². The summed E-state index contributed by atoms with van der Waals surface area (Å²) in [4.78, 5) is 0.721. The highest BCUT2D eigenvalue weighted by Gasteiger charge is 2.04. The molecule has 0 amide bonds. The van der Waals surface area contributed by atoms with Gasteiger partial charge >= 0.3 is 0 Å². The second-order valence-electron chi connectivity index (χ2n) is 2.80. The van der Waals surface area contributed by atoms with Crippen LogP contribution in [0.5, 0.6) is 0 Å². The van der Waals surface area contributed by atoms with Crippen LogP contribution in [0.15, 0.2) is 27.6 Å². The van der Waals surface area contributed by atoms with Crippen LogP contribution in [0.2, 0.25) is 0 Å². The molecule has 78 valence electrons. The van der Waals surface area contributed by atoms with Crippen molar-refractivity contribution in [3.05, 3.63) is 28.2 Å². The molecule has 0 aromatic heterocycles. The van der Waals surface area contributed by atoms with Gasteiger partial charge in [-0.15, -0.1) is 0 Å². The van der Waals surface area contributed by atoms with Crippen molar-refractivity contribution in [2.24, 2.45) is 0 Å². The van der Waals surface area contributed by atoms with Gasteiger partial charge in [0.2, 0.25) is 0 Å². The van der Waals surface area contributed by atoms with Crippen LogP contribution in [0.1, 0.15) is 5.56 Å². The minimum Gasteiger partial charge on any atom is -0.395 e. The van der Waals surface area contributed by atoms with E-state index < -0.39 is 11.0 Å². The lowest BCUT2D eigenvalue weighted by atomic mass is 10.2. The van der Waals surface area contributed by atoms with Crippen molar-refractivity contribution in [2.45, 2.75) is 11.8 Å². The smallest absolute Gasteiger partial charge is 0.124 e. The lowest BCUT2D eigenvalue weighted by molar-refractivity contribution is 0.302. The van der Waals surface area contributed by atoms with Gasteiger partial charge in [-0.3, -0.25) is 0 Å². The number of rotatable bonds is 4. The third-order valence-electron chi connectivity index (χ3n) is 1.69. The summed E-state index contributed by atoms with van der Waals surface area (Å²) in [5.74, 6) is 0. The average Bonchev–Trinajstić information content (AvgIpc) is 2.18. The molecule has 14 heavy (non-hydrogen) atoms. The zero-order chi connectivity index (χ0) is 10.6. The number of aryl methyl sites for hydroxylation is 1. The van der Waals surface area contributed by atoms with Gasteiger partial charge in [0.05, 0.1) is 11.5 Å². The van der Waals surface area contributed by atoms with Crippen molar-refractivity contribution in [3.63, 3.8) is 0 Å². The van der Waals surface area contributed by atoms with Crippen LogP contribution in [0, 0.1) is 6.92 Å². The first kappa shape index (κ1) is 11.8. The van der Waals surface area contributed by atoms with Crippen LogP contribution in [0.4, 0.5) is 0 Å². The summed E-state index contributed by atoms with van der Waals surface area (Å²) in [7, 11) is -1.23. The Labute approximate surface area is 94.2 Å². The van der Waals surface area contributed by atoms with Gasteiger partial charge < -0.3 is 5.11 Å². The van der Waals surface area contributed by atoms with Gasteiger partial charge in [0, 0.05) is 11.0 Å². The molecule has 2 N–H and O–H groups in total. The quantitative estimate of drug-likeness (QED) is 0.873. The topological polar surface area (TPSA) is 49.3 Å². The molecular formula is C9H12BrNO2S. The third kappa shape index (κ3) is 3.16. The van der Waals surface area contributed by atoms with E-state index in [0.29, 0.717) is 6.54 Å². The number of hydrogen-bond donors (Lipinski definition) is 2. The number of halogens is 1. The van der Waals surface area contributed by atoms with Crippen LogP contribution < -0.4 is 4.72 Å². The molecule has 0 aliphatic carbocycles. The SMILES string of the molecule is Cc1cc(S(=O)NCCO)ccc1Br. The standard InChI is InChI=1S/C9H12BrNO2S/c1-7-6-8(2-3-9(7)10)14(13)11-4-5-12/h2-3,6,11-12H,4-5H2,1H3. The summed E-state index contributed by atoms with van der Waals surface area (Å²) in [6, 6.07) is 5.51. The van der Waals surface area contributed by atoms with E-state index in [9.17, 15) is 4.21 Å². The summed E-state index contributed by atoms with van der Waals surface area (Å²) >= 11 is 3.37. The molecule has 0 saturated carbocycles. The van der Waals surface area contributed by atoms with Gasteiger partial charge in [0.15, 0.2) is 0 Å². The Bertz CT molecular complexity index is 344. The van der Waals surface area contributed by atoms with E-state index >= 15 is 0 Å². The first-order valence-corrected chi connectivity index (χ1v) is 6.11. The number of hydrogen-bond acceptors (Lipinski definition) is 2. The Balaban J connectivity index is 2.76. The first-order chi connectivity index (χ1) is 6.65. The number of benzene rings is 1. The van der Waals surface area contributed by atoms with Crippen molar-refractivity contribution < 1.29 is 9.32 Å². The molecule has 0 aliphatic heterocycles. The predicted molar refractivity (Wildman–Crippen MR) is 60.4 cm³/mol. The lowest BCUT2D eigenvalue weighted by Gasteiger charge is -2.04. The Morgan fingerprint density at radius 1 is 1.57 bits per heavy atom. The van der Waals surface area contributed by atoms with Crippen molar-refractivity contribution in [1.82, 2.24) is 4.72 Å². The van der Waals surface area contributed by atoms with Crippen molar-refractivity contribution >= 4 is 26.9 Å². The molecule has 1 rings (SSSR count). The minimum absolute atomic E-state index is 0.0126. The number of aliphatic hydroxyl groups is 1. The Hall–Kier alpha value is -0.230. The van der Waals surface area contributed by atoms with E-state index in [2.05, 4.69) is 20.7 Å². The van der Waals surface area contributed by atoms with Crippen LogP contribution >= 0.6 is 15.9 Å². The molecule has 0 heterocycles. The van der Waals surface area contributed by atoms with E-state index in [0.717, 1.165) is 14.9 Å². The van der Waals surface area contributed by atoms with Gasteiger partial charge in [0.1, 0.15) is 11.0 Å². The molecule has 0 bridgehead atoms. The summed E-state index contributed by atoms with van der Waals surface area (Å²) in [5.41, 5.74) is 1.04. The number of aliphatic hydroxyl groups excluding tert-OH is 1. The second-order valence-corrected chi connectivity index (χ2v) is 4.95.